The minimum absolute atomic E-state index is 0.0316. The average Bonchev–Trinajstić information content (AvgIpc) is 2.76. The molecule has 1 aromatic heterocycles. The van der Waals surface area contributed by atoms with Crippen LogP contribution in [0.4, 0.5) is 0 Å². The van der Waals surface area contributed by atoms with Crippen LogP contribution < -0.4 is 15.0 Å². The molecule has 31 heavy (non-hydrogen) atoms. The molecule has 0 atom stereocenters. The van der Waals surface area contributed by atoms with Crippen molar-refractivity contribution >= 4 is 29.0 Å². The van der Waals surface area contributed by atoms with Crippen LogP contribution in [0.1, 0.15) is 38.1 Å². The molecular formula is C24H26N2O5. The van der Waals surface area contributed by atoms with Crippen LogP contribution in [-0.4, -0.2) is 33.8 Å². The highest BCUT2D eigenvalue weighted by molar-refractivity contribution is 5.80. The lowest BCUT2D eigenvalue weighted by atomic mass is 10.1. The van der Waals surface area contributed by atoms with Crippen molar-refractivity contribution < 1.29 is 19.4 Å². The monoisotopic (exact) mass is 422 g/mol. The minimum atomic E-state index is -0.977. The van der Waals surface area contributed by atoms with Gasteiger partial charge >= 0.3 is 5.97 Å². The van der Waals surface area contributed by atoms with Crippen LogP contribution in [0, 0.1) is 0 Å². The van der Waals surface area contributed by atoms with Gasteiger partial charge in [-0.05, 0) is 43.7 Å². The molecule has 0 radical (unpaired) electrons. The van der Waals surface area contributed by atoms with Crippen LogP contribution >= 0.6 is 0 Å². The van der Waals surface area contributed by atoms with Gasteiger partial charge in [0.1, 0.15) is 5.82 Å². The number of hydrogen-bond donors (Lipinski definition) is 1. The van der Waals surface area contributed by atoms with E-state index in [0.29, 0.717) is 41.4 Å². The summed E-state index contributed by atoms with van der Waals surface area (Å²) >= 11 is 0. The molecule has 0 bridgehead atoms. The van der Waals surface area contributed by atoms with E-state index in [-0.39, 0.29) is 18.5 Å². The Kier molecular flexibility index (Phi) is 7.43. The van der Waals surface area contributed by atoms with Crippen LogP contribution in [0.2, 0.25) is 0 Å². The van der Waals surface area contributed by atoms with Gasteiger partial charge in [0.2, 0.25) is 0 Å². The van der Waals surface area contributed by atoms with Crippen molar-refractivity contribution in [3.63, 3.8) is 0 Å². The van der Waals surface area contributed by atoms with Crippen molar-refractivity contribution in [3.05, 3.63) is 64.2 Å². The molecule has 0 aliphatic rings. The first-order valence-corrected chi connectivity index (χ1v) is 10.3. The van der Waals surface area contributed by atoms with Gasteiger partial charge in [-0.25, -0.2) is 4.98 Å². The van der Waals surface area contributed by atoms with Crippen molar-refractivity contribution in [1.82, 2.24) is 9.55 Å². The van der Waals surface area contributed by atoms with E-state index < -0.39 is 5.97 Å². The van der Waals surface area contributed by atoms with Gasteiger partial charge in [-0.1, -0.05) is 31.2 Å². The molecule has 7 heteroatoms. The van der Waals surface area contributed by atoms with E-state index in [0.717, 1.165) is 12.0 Å². The zero-order valence-corrected chi connectivity index (χ0v) is 17.7. The second-order valence-corrected chi connectivity index (χ2v) is 6.88. The molecular weight excluding hydrogens is 396 g/mol. The maximum Gasteiger partial charge on any atom is 0.305 e. The number of rotatable bonds is 10. The van der Waals surface area contributed by atoms with E-state index >= 15 is 0 Å². The standard InChI is InChI=1S/C24H26N2O5/c1-3-16-31-23-17(8-7-11-20(23)30-4-2)12-13-21-25-19-10-6-5-9-18(19)24(29)26(21)15-14-22(27)28/h5-13H,3-4,14-16H2,1-2H3,(H,27,28)/b13-12+. The molecule has 0 saturated heterocycles. The minimum Gasteiger partial charge on any atom is -0.490 e. The third-order valence-electron chi connectivity index (χ3n) is 4.61. The van der Waals surface area contributed by atoms with Crippen LogP contribution in [0.15, 0.2) is 47.3 Å². The van der Waals surface area contributed by atoms with Crippen molar-refractivity contribution in [2.75, 3.05) is 13.2 Å². The first-order valence-electron chi connectivity index (χ1n) is 10.3. The second-order valence-electron chi connectivity index (χ2n) is 6.88. The van der Waals surface area contributed by atoms with Gasteiger partial charge in [0.25, 0.3) is 5.56 Å². The highest BCUT2D eigenvalue weighted by atomic mass is 16.5. The molecule has 3 rings (SSSR count). The normalized spacial score (nSPS) is 11.2. The zero-order valence-electron chi connectivity index (χ0n) is 17.7. The SMILES string of the molecule is CCCOc1c(/C=C/c2nc3ccccc3c(=O)n2CCC(=O)O)cccc1OCC. The van der Waals surface area contributed by atoms with Crippen LogP contribution in [0.25, 0.3) is 23.1 Å². The van der Waals surface area contributed by atoms with Gasteiger partial charge in [0, 0.05) is 12.1 Å². The van der Waals surface area contributed by atoms with E-state index in [4.69, 9.17) is 14.6 Å². The third kappa shape index (κ3) is 5.31. The van der Waals surface area contributed by atoms with Gasteiger partial charge in [0.15, 0.2) is 11.5 Å². The van der Waals surface area contributed by atoms with Crippen LogP contribution in [0.5, 0.6) is 11.5 Å². The summed E-state index contributed by atoms with van der Waals surface area (Å²) in [5, 5.41) is 9.55. The number of hydrogen-bond acceptors (Lipinski definition) is 5. The van der Waals surface area contributed by atoms with Gasteiger partial charge < -0.3 is 14.6 Å². The highest BCUT2D eigenvalue weighted by Gasteiger charge is 2.12. The third-order valence-corrected chi connectivity index (χ3v) is 4.61. The predicted octanol–water partition coefficient (Wildman–Crippen LogP) is 4.23. The fourth-order valence-corrected chi connectivity index (χ4v) is 3.19. The molecule has 0 aliphatic carbocycles. The number of para-hydroxylation sites is 2. The Morgan fingerprint density at radius 3 is 2.65 bits per heavy atom. The lowest BCUT2D eigenvalue weighted by Gasteiger charge is -2.14. The van der Waals surface area contributed by atoms with Crippen molar-refractivity contribution in [2.24, 2.45) is 0 Å². The quantitative estimate of drug-likeness (QED) is 0.526. The maximum absolute atomic E-state index is 13.0. The van der Waals surface area contributed by atoms with Crippen molar-refractivity contribution in [2.45, 2.75) is 33.2 Å². The predicted molar refractivity (Wildman–Crippen MR) is 121 cm³/mol. The summed E-state index contributed by atoms with van der Waals surface area (Å²) in [4.78, 5) is 28.7. The van der Waals surface area contributed by atoms with Gasteiger partial charge in [-0.3, -0.25) is 14.2 Å². The highest BCUT2D eigenvalue weighted by Crippen LogP contribution is 2.33. The fourth-order valence-electron chi connectivity index (χ4n) is 3.19. The van der Waals surface area contributed by atoms with Crippen LogP contribution in [0.3, 0.4) is 0 Å². The number of ether oxygens (including phenoxy) is 2. The van der Waals surface area contributed by atoms with Gasteiger partial charge in [0.05, 0.1) is 30.5 Å². The Balaban J connectivity index is 2.08. The largest absolute Gasteiger partial charge is 0.490 e. The second kappa shape index (κ2) is 10.4. The molecule has 2 aromatic carbocycles. The van der Waals surface area contributed by atoms with Crippen molar-refractivity contribution in [3.8, 4) is 11.5 Å². The van der Waals surface area contributed by atoms with E-state index in [1.54, 1.807) is 30.4 Å². The number of aliphatic carboxylic acids is 1. The molecule has 0 spiro atoms. The average molecular weight is 422 g/mol. The Bertz CT molecular complexity index is 1150. The molecule has 1 N–H and O–H groups in total. The Morgan fingerprint density at radius 1 is 1.10 bits per heavy atom. The first-order chi connectivity index (χ1) is 15.0. The summed E-state index contributed by atoms with van der Waals surface area (Å²) in [5.41, 5.74) is 1.08. The summed E-state index contributed by atoms with van der Waals surface area (Å²) in [6.45, 7) is 5.02. The van der Waals surface area contributed by atoms with E-state index in [9.17, 15) is 9.59 Å². The summed E-state index contributed by atoms with van der Waals surface area (Å²) in [5.74, 6) is 0.679. The molecule has 0 unspecified atom stereocenters. The molecule has 3 aromatic rings. The fraction of sp³-hybridized carbons (Fsp3) is 0.292. The Morgan fingerprint density at radius 2 is 1.90 bits per heavy atom. The molecule has 0 aliphatic heterocycles. The number of aromatic nitrogens is 2. The number of carboxylic acid groups (broad SMARTS) is 1. The molecule has 7 nitrogen and oxygen atoms in total. The molecule has 1 heterocycles. The smallest absolute Gasteiger partial charge is 0.305 e. The van der Waals surface area contributed by atoms with Gasteiger partial charge in [-0.2, -0.15) is 0 Å². The number of benzene rings is 2. The lowest BCUT2D eigenvalue weighted by molar-refractivity contribution is -0.137. The molecule has 0 amide bonds. The Labute approximate surface area is 180 Å². The zero-order chi connectivity index (χ0) is 22.2. The lowest BCUT2D eigenvalue weighted by Crippen LogP contribution is -2.25. The maximum atomic E-state index is 13.0. The number of nitrogens with zero attached hydrogens (tertiary/aromatic N) is 2. The summed E-state index contributed by atoms with van der Waals surface area (Å²) in [6.07, 6.45) is 4.19. The van der Waals surface area contributed by atoms with Crippen molar-refractivity contribution in [1.29, 1.82) is 0 Å². The van der Waals surface area contributed by atoms with E-state index in [1.807, 2.05) is 38.1 Å². The number of carbonyl (C=O) groups is 1. The summed E-state index contributed by atoms with van der Waals surface area (Å²) in [7, 11) is 0. The Hall–Kier alpha value is -3.61. The van der Waals surface area contributed by atoms with E-state index in [2.05, 4.69) is 4.98 Å². The number of carboxylic acids is 1. The first kappa shape index (κ1) is 22.1. The molecule has 162 valence electrons. The summed E-state index contributed by atoms with van der Waals surface area (Å²) in [6, 6.07) is 12.6. The van der Waals surface area contributed by atoms with Crippen LogP contribution in [-0.2, 0) is 11.3 Å². The van der Waals surface area contributed by atoms with Gasteiger partial charge in [-0.15, -0.1) is 0 Å². The number of fused-ring (bicyclic) bond motifs is 1. The topological polar surface area (TPSA) is 90.7 Å². The molecule has 0 fully saturated rings. The van der Waals surface area contributed by atoms with E-state index in [1.165, 1.54) is 4.57 Å². The summed E-state index contributed by atoms with van der Waals surface area (Å²) < 4.78 is 13.0. The molecule has 0 saturated carbocycles.